The van der Waals surface area contributed by atoms with E-state index in [1.807, 2.05) is 0 Å². The molecule has 0 aliphatic rings. The van der Waals surface area contributed by atoms with E-state index in [0.717, 1.165) is 0 Å². The zero-order valence-electron chi connectivity index (χ0n) is 15.9. The van der Waals surface area contributed by atoms with Crippen LogP contribution in [0.3, 0.4) is 0 Å². The molecule has 0 radical (unpaired) electrons. The summed E-state index contributed by atoms with van der Waals surface area (Å²) < 4.78 is 20.3. The smallest absolute Gasteiger partial charge is 0.324 e. The number of allylic oxidation sites excluding steroid dienone is 2. The second-order valence-corrected chi connectivity index (χ2v) is 5.62. The highest BCUT2D eigenvalue weighted by Crippen LogP contribution is 2.32. The molecule has 1 aromatic heterocycles. The topological polar surface area (TPSA) is 92.0 Å². The van der Waals surface area contributed by atoms with E-state index in [4.69, 9.17) is 18.6 Å². The average molecular weight is 378 g/mol. The molecule has 0 bridgehead atoms. The Hall–Kier alpha value is -2.83. The Morgan fingerprint density at radius 1 is 1.00 bits per heavy atom. The van der Waals surface area contributed by atoms with Crippen molar-refractivity contribution >= 4 is 24.0 Å². The van der Waals surface area contributed by atoms with Crippen LogP contribution in [0.1, 0.15) is 39.4 Å². The molecule has 0 fully saturated rings. The summed E-state index contributed by atoms with van der Waals surface area (Å²) in [6.45, 7) is 4.97. The second kappa shape index (κ2) is 11.7. The summed E-state index contributed by atoms with van der Waals surface area (Å²) in [6.07, 6.45) is 8.18. The lowest BCUT2D eigenvalue weighted by atomic mass is 9.80. The van der Waals surface area contributed by atoms with Crippen LogP contribution in [-0.4, -0.2) is 37.7 Å². The number of furan rings is 1. The van der Waals surface area contributed by atoms with Gasteiger partial charge in [-0.05, 0) is 44.9 Å². The van der Waals surface area contributed by atoms with Gasteiger partial charge in [-0.2, -0.15) is 0 Å². The van der Waals surface area contributed by atoms with E-state index in [0.29, 0.717) is 5.76 Å². The Balaban J connectivity index is 3.04. The van der Waals surface area contributed by atoms with Gasteiger partial charge < -0.3 is 18.6 Å². The number of esters is 3. The van der Waals surface area contributed by atoms with Gasteiger partial charge in [0.1, 0.15) is 12.4 Å². The van der Waals surface area contributed by atoms with Crippen molar-refractivity contribution < 1.29 is 33.0 Å². The lowest BCUT2D eigenvalue weighted by Crippen LogP contribution is -2.41. The van der Waals surface area contributed by atoms with Gasteiger partial charge in [0.15, 0.2) is 5.41 Å². The molecule has 0 amide bonds. The van der Waals surface area contributed by atoms with Crippen molar-refractivity contribution in [2.45, 2.75) is 33.6 Å². The van der Waals surface area contributed by atoms with Crippen LogP contribution in [0.25, 0.3) is 6.08 Å². The summed E-state index contributed by atoms with van der Waals surface area (Å²) in [4.78, 5) is 36.1. The Labute approximate surface area is 159 Å². The Bertz CT molecular complexity index is 638. The number of hydrogen-bond donors (Lipinski definition) is 0. The highest BCUT2D eigenvalue weighted by atomic mass is 16.6. The SMILES string of the molecule is CCOC(=O)C(C/C=C/COC(C)=O)(C/C=C/c1ccco1)C(=O)OCC. The van der Waals surface area contributed by atoms with E-state index >= 15 is 0 Å². The minimum Gasteiger partial charge on any atom is -0.465 e. The van der Waals surface area contributed by atoms with Crippen LogP contribution < -0.4 is 0 Å². The fourth-order valence-electron chi connectivity index (χ4n) is 2.32. The maximum atomic E-state index is 12.6. The van der Waals surface area contributed by atoms with Crippen molar-refractivity contribution in [3.05, 3.63) is 42.4 Å². The first-order chi connectivity index (χ1) is 13.0. The molecule has 1 aromatic rings. The third-order valence-electron chi connectivity index (χ3n) is 3.64. The molecule has 0 aliphatic carbocycles. The van der Waals surface area contributed by atoms with Gasteiger partial charge in [0.25, 0.3) is 0 Å². The van der Waals surface area contributed by atoms with E-state index in [1.165, 1.54) is 13.2 Å². The normalized spacial score (nSPS) is 11.7. The third-order valence-corrected chi connectivity index (χ3v) is 3.64. The largest absolute Gasteiger partial charge is 0.465 e. The molecule has 0 saturated carbocycles. The third kappa shape index (κ3) is 7.13. The molecule has 0 saturated heterocycles. The molecule has 27 heavy (non-hydrogen) atoms. The fourth-order valence-corrected chi connectivity index (χ4v) is 2.32. The highest BCUT2D eigenvalue weighted by Gasteiger charge is 2.47. The molecule has 0 spiro atoms. The molecule has 1 heterocycles. The highest BCUT2D eigenvalue weighted by molar-refractivity contribution is 6.00. The van der Waals surface area contributed by atoms with Crippen molar-refractivity contribution in [1.82, 2.24) is 0 Å². The summed E-state index contributed by atoms with van der Waals surface area (Å²) in [7, 11) is 0. The fraction of sp³-hybridized carbons (Fsp3) is 0.450. The molecule has 0 atom stereocenters. The average Bonchev–Trinajstić information content (AvgIpc) is 3.13. The molecule has 7 heteroatoms. The number of rotatable bonds is 11. The Morgan fingerprint density at radius 3 is 2.15 bits per heavy atom. The van der Waals surface area contributed by atoms with Gasteiger partial charge in [-0.25, -0.2) is 0 Å². The van der Waals surface area contributed by atoms with E-state index in [-0.39, 0.29) is 32.7 Å². The van der Waals surface area contributed by atoms with Crippen molar-refractivity contribution in [2.75, 3.05) is 19.8 Å². The molecular weight excluding hydrogens is 352 g/mol. The van der Waals surface area contributed by atoms with Gasteiger partial charge in [-0.3, -0.25) is 14.4 Å². The Morgan fingerprint density at radius 2 is 1.63 bits per heavy atom. The minimum absolute atomic E-state index is 0.0500. The van der Waals surface area contributed by atoms with Gasteiger partial charge in [0, 0.05) is 6.92 Å². The van der Waals surface area contributed by atoms with Gasteiger partial charge in [-0.15, -0.1) is 0 Å². The first-order valence-electron chi connectivity index (χ1n) is 8.79. The number of ether oxygens (including phenoxy) is 3. The molecule has 0 aromatic carbocycles. The van der Waals surface area contributed by atoms with Crippen LogP contribution in [0.2, 0.25) is 0 Å². The quantitative estimate of drug-likeness (QED) is 0.252. The molecule has 0 unspecified atom stereocenters. The van der Waals surface area contributed by atoms with Crippen molar-refractivity contribution in [2.24, 2.45) is 5.41 Å². The number of carbonyl (C=O) groups excluding carboxylic acids is 3. The lowest BCUT2D eigenvalue weighted by molar-refractivity contribution is -0.171. The molecule has 148 valence electrons. The zero-order chi connectivity index (χ0) is 20.1. The summed E-state index contributed by atoms with van der Waals surface area (Å²) in [5.41, 5.74) is -1.53. The van der Waals surface area contributed by atoms with E-state index in [9.17, 15) is 14.4 Å². The number of carbonyl (C=O) groups is 3. The van der Waals surface area contributed by atoms with Crippen LogP contribution in [0.4, 0.5) is 0 Å². The predicted molar refractivity (Wildman–Crippen MR) is 98.4 cm³/mol. The summed E-state index contributed by atoms with van der Waals surface area (Å²) in [5, 5.41) is 0. The minimum atomic E-state index is -1.53. The summed E-state index contributed by atoms with van der Waals surface area (Å²) in [6, 6.07) is 3.49. The summed E-state index contributed by atoms with van der Waals surface area (Å²) in [5.74, 6) is -1.14. The van der Waals surface area contributed by atoms with Gasteiger partial charge in [0.05, 0.1) is 19.5 Å². The van der Waals surface area contributed by atoms with Crippen LogP contribution in [0, 0.1) is 5.41 Å². The van der Waals surface area contributed by atoms with Crippen LogP contribution >= 0.6 is 0 Å². The van der Waals surface area contributed by atoms with E-state index in [1.54, 1.807) is 50.3 Å². The molecule has 1 rings (SSSR count). The Kier molecular flexibility index (Phi) is 9.64. The van der Waals surface area contributed by atoms with Crippen LogP contribution in [-0.2, 0) is 28.6 Å². The first kappa shape index (κ1) is 22.2. The van der Waals surface area contributed by atoms with E-state index < -0.39 is 23.3 Å². The monoisotopic (exact) mass is 378 g/mol. The van der Waals surface area contributed by atoms with Crippen molar-refractivity contribution in [3.63, 3.8) is 0 Å². The van der Waals surface area contributed by atoms with Crippen LogP contribution in [0.5, 0.6) is 0 Å². The maximum Gasteiger partial charge on any atom is 0.324 e. The first-order valence-corrected chi connectivity index (χ1v) is 8.79. The van der Waals surface area contributed by atoms with Gasteiger partial charge in [0.2, 0.25) is 0 Å². The zero-order valence-corrected chi connectivity index (χ0v) is 15.9. The maximum absolute atomic E-state index is 12.6. The predicted octanol–water partition coefficient (Wildman–Crippen LogP) is 3.30. The lowest BCUT2D eigenvalue weighted by Gasteiger charge is -2.27. The standard InChI is InChI=1S/C20H26O7/c1-4-24-18(22)20(19(23)25-5-2,12-6-7-14-26-16(3)21)13-8-10-17-11-9-15-27-17/h6-11,15H,4-5,12-14H2,1-3H3/b7-6+,10-8+. The van der Waals surface area contributed by atoms with Crippen molar-refractivity contribution in [3.8, 4) is 0 Å². The van der Waals surface area contributed by atoms with E-state index in [2.05, 4.69) is 0 Å². The molecular formula is C20H26O7. The summed E-state index contributed by atoms with van der Waals surface area (Å²) >= 11 is 0. The van der Waals surface area contributed by atoms with Gasteiger partial charge >= 0.3 is 17.9 Å². The van der Waals surface area contributed by atoms with Crippen molar-refractivity contribution in [1.29, 1.82) is 0 Å². The van der Waals surface area contributed by atoms with Gasteiger partial charge in [-0.1, -0.05) is 18.2 Å². The number of hydrogen-bond acceptors (Lipinski definition) is 7. The second-order valence-electron chi connectivity index (χ2n) is 5.62. The molecule has 0 N–H and O–H groups in total. The molecule has 7 nitrogen and oxygen atoms in total. The van der Waals surface area contributed by atoms with Crippen LogP contribution in [0.15, 0.2) is 41.0 Å². The molecule has 0 aliphatic heterocycles.